The first-order valence-electron chi connectivity index (χ1n) is 6.96. The number of anilines is 1. The number of benzene rings is 1. The second-order valence-electron chi connectivity index (χ2n) is 5.65. The van der Waals surface area contributed by atoms with E-state index in [1.54, 1.807) is 13.8 Å². The van der Waals surface area contributed by atoms with Crippen LogP contribution in [0.1, 0.15) is 38.3 Å². The fourth-order valence-electron chi connectivity index (χ4n) is 1.71. The SMILES string of the molecule is CCCNC(=O)C(C)(C)C(=O)Nc1cc(C)ccc1C. The summed E-state index contributed by atoms with van der Waals surface area (Å²) < 4.78 is 0. The van der Waals surface area contributed by atoms with Crippen molar-refractivity contribution in [2.24, 2.45) is 5.41 Å². The van der Waals surface area contributed by atoms with Gasteiger partial charge in [0.2, 0.25) is 11.8 Å². The number of amides is 2. The van der Waals surface area contributed by atoms with Crippen molar-refractivity contribution in [3.05, 3.63) is 29.3 Å². The smallest absolute Gasteiger partial charge is 0.239 e. The summed E-state index contributed by atoms with van der Waals surface area (Å²) in [5.41, 5.74) is 1.71. The van der Waals surface area contributed by atoms with E-state index in [0.29, 0.717) is 6.54 Å². The predicted molar refractivity (Wildman–Crippen MR) is 81.6 cm³/mol. The molecule has 110 valence electrons. The summed E-state index contributed by atoms with van der Waals surface area (Å²) in [7, 11) is 0. The van der Waals surface area contributed by atoms with Crippen molar-refractivity contribution >= 4 is 17.5 Å². The summed E-state index contributed by atoms with van der Waals surface area (Å²) in [5.74, 6) is -0.540. The monoisotopic (exact) mass is 276 g/mol. The van der Waals surface area contributed by atoms with Crippen LogP contribution in [0.5, 0.6) is 0 Å². The van der Waals surface area contributed by atoms with Gasteiger partial charge in [0.1, 0.15) is 5.41 Å². The lowest BCUT2D eigenvalue weighted by Gasteiger charge is -2.23. The molecular weight excluding hydrogens is 252 g/mol. The summed E-state index contributed by atoms with van der Waals surface area (Å²) in [4.78, 5) is 24.4. The van der Waals surface area contributed by atoms with Crippen molar-refractivity contribution < 1.29 is 9.59 Å². The van der Waals surface area contributed by atoms with Crippen LogP contribution in [0, 0.1) is 19.3 Å². The number of hydrogen-bond acceptors (Lipinski definition) is 2. The minimum atomic E-state index is -1.09. The van der Waals surface area contributed by atoms with Crippen molar-refractivity contribution in [3.63, 3.8) is 0 Å². The molecule has 2 N–H and O–H groups in total. The van der Waals surface area contributed by atoms with E-state index in [-0.39, 0.29) is 11.8 Å². The summed E-state index contributed by atoms with van der Waals surface area (Å²) in [6.45, 7) is 9.73. The molecule has 0 fully saturated rings. The Hall–Kier alpha value is -1.84. The molecular formula is C16H24N2O2. The van der Waals surface area contributed by atoms with Crippen LogP contribution in [0.4, 0.5) is 5.69 Å². The van der Waals surface area contributed by atoms with E-state index in [1.807, 2.05) is 39.0 Å². The van der Waals surface area contributed by atoms with Gasteiger partial charge in [-0.1, -0.05) is 19.1 Å². The molecule has 0 aliphatic heterocycles. The van der Waals surface area contributed by atoms with Gasteiger partial charge in [-0.05, 0) is 51.3 Å². The molecule has 0 aliphatic rings. The van der Waals surface area contributed by atoms with Crippen LogP contribution < -0.4 is 10.6 Å². The third-order valence-electron chi connectivity index (χ3n) is 3.31. The molecule has 0 spiro atoms. The van der Waals surface area contributed by atoms with E-state index in [9.17, 15) is 9.59 Å². The van der Waals surface area contributed by atoms with Gasteiger partial charge >= 0.3 is 0 Å². The first-order chi connectivity index (χ1) is 9.28. The van der Waals surface area contributed by atoms with Crippen LogP contribution in [0.2, 0.25) is 0 Å². The highest BCUT2D eigenvalue weighted by molar-refractivity contribution is 6.10. The van der Waals surface area contributed by atoms with Crippen LogP contribution >= 0.6 is 0 Å². The van der Waals surface area contributed by atoms with Gasteiger partial charge in [0.05, 0.1) is 0 Å². The molecule has 1 rings (SSSR count). The second-order valence-corrected chi connectivity index (χ2v) is 5.65. The van der Waals surface area contributed by atoms with Crippen LogP contribution in [0.25, 0.3) is 0 Å². The molecule has 4 nitrogen and oxygen atoms in total. The lowest BCUT2D eigenvalue weighted by atomic mass is 9.90. The average molecular weight is 276 g/mol. The lowest BCUT2D eigenvalue weighted by Crippen LogP contribution is -2.45. The van der Waals surface area contributed by atoms with E-state index in [1.165, 1.54) is 0 Å². The van der Waals surface area contributed by atoms with Crippen molar-refractivity contribution in [2.75, 3.05) is 11.9 Å². The van der Waals surface area contributed by atoms with Gasteiger partial charge in [0.25, 0.3) is 0 Å². The Labute approximate surface area is 121 Å². The van der Waals surface area contributed by atoms with Crippen molar-refractivity contribution in [3.8, 4) is 0 Å². The molecule has 1 aromatic carbocycles. The number of nitrogens with one attached hydrogen (secondary N) is 2. The van der Waals surface area contributed by atoms with Gasteiger partial charge in [-0.3, -0.25) is 9.59 Å². The molecule has 0 saturated heterocycles. The van der Waals surface area contributed by atoms with E-state index in [0.717, 1.165) is 23.2 Å². The molecule has 0 atom stereocenters. The predicted octanol–water partition coefficient (Wildman–Crippen LogP) is 2.79. The molecule has 0 unspecified atom stereocenters. The Kier molecular flexibility index (Phi) is 5.31. The number of aryl methyl sites for hydroxylation is 2. The third-order valence-corrected chi connectivity index (χ3v) is 3.31. The van der Waals surface area contributed by atoms with Gasteiger partial charge in [-0.2, -0.15) is 0 Å². The number of carbonyl (C=O) groups excluding carboxylic acids is 2. The Morgan fingerprint density at radius 1 is 1.15 bits per heavy atom. The zero-order valence-corrected chi connectivity index (χ0v) is 13.0. The number of rotatable bonds is 5. The Morgan fingerprint density at radius 2 is 1.80 bits per heavy atom. The van der Waals surface area contributed by atoms with Crippen LogP contribution in [0.15, 0.2) is 18.2 Å². The first kappa shape index (κ1) is 16.2. The highest BCUT2D eigenvalue weighted by Crippen LogP contribution is 2.22. The summed E-state index contributed by atoms with van der Waals surface area (Å²) in [6, 6.07) is 5.85. The van der Waals surface area contributed by atoms with Gasteiger partial charge in [0, 0.05) is 12.2 Å². The van der Waals surface area contributed by atoms with Gasteiger partial charge in [-0.25, -0.2) is 0 Å². The molecule has 20 heavy (non-hydrogen) atoms. The molecule has 0 saturated carbocycles. The first-order valence-corrected chi connectivity index (χ1v) is 6.96. The highest BCUT2D eigenvalue weighted by atomic mass is 16.2. The zero-order valence-electron chi connectivity index (χ0n) is 13.0. The minimum Gasteiger partial charge on any atom is -0.355 e. The maximum atomic E-state index is 12.3. The van der Waals surface area contributed by atoms with Gasteiger partial charge < -0.3 is 10.6 Å². The lowest BCUT2D eigenvalue weighted by molar-refractivity contribution is -0.138. The van der Waals surface area contributed by atoms with Crippen molar-refractivity contribution in [1.82, 2.24) is 5.32 Å². The Bertz CT molecular complexity index is 507. The topological polar surface area (TPSA) is 58.2 Å². The zero-order chi connectivity index (χ0) is 15.3. The van der Waals surface area contributed by atoms with Crippen LogP contribution in [-0.2, 0) is 9.59 Å². The summed E-state index contributed by atoms with van der Waals surface area (Å²) >= 11 is 0. The largest absolute Gasteiger partial charge is 0.355 e. The maximum Gasteiger partial charge on any atom is 0.239 e. The van der Waals surface area contributed by atoms with E-state index >= 15 is 0 Å². The Balaban J connectivity index is 2.83. The average Bonchev–Trinajstić information content (AvgIpc) is 2.39. The quantitative estimate of drug-likeness (QED) is 0.812. The fraction of sp³-hybridized carbons (Fsp3) is 0.500. The van der Waals surface area contributed by atoms with Crippen LogP contribution in [0.3, 0.4) is 0 Å². The Morgan fingerprint density at radius 3 is 2.40 bits per heavy atom. The molecule has 0 radical (unpaired) electrons. The highest BCUT2D eigenvalue weighted by Gasteiger charge is 2.35. The van der Waals surface area contributed by atoms with Crippen molar-refractivity contribution in [2.45, 2.75) is 41.0 Å². The second kappa shape index (κ2) is 6.55. The van der Waals surface area contributed by atoms with Gasteiger partial charge in [0.15, 0.2) is 0 Å². The standard InChI is InChI=1S/C16H24N2O2/c1-6-9-17-14(19)16(4,5)15(20)18-13-10-11(2)7-8-12(13)3/h7-8,10H,6,9H2,1-5H3,(H,17,19)(H,18,20). The molecule has 0 heterocycles. The molecule has 1 aromatic rings. The molecule has 0 bridgehead atoms. The van der Waals surface area contributed by atoms with E-state index < -0.39 is 5.41 Å². The minimum absolute atomic E-state index is 0.248. The van der Waals surface area contributed by atoms with E-state index in [4.69, 9.17) is 0 Å². The molecule has 2 amide bonds. The van der Waals surface area contributed by atoms with Crippen molar-refractivity contribution in [1.29, 1.82) is 0 Å². The van der Waals surface area contributed by atoms with E-state index in [2.05, 4.69) is 10.6 Å². The fourth-order valence-corrected chi connectivity index (χ4v) is 1.71. The van der Waals surface area contributed by atoms with Gasteiger partial charge in [-0.15, -0.1) is 0 Å². The normalized spacial score (nSPS) is 11.1. The molecule has 4 heteroatoms. The van der Waals surface area contributed by atoms with Crippen LogP contribution in [-0.4, -0.2) is 18.4 Å². The number of carbonyl (C=O) groups is 2. The number of hydrogen-bond donors (Lipinski definition) is 2. The summed E-state index contributed by atoms with van der Waals surface area (Å²) in [5, 5.41) is 5.61. The molecule has 0 aromatic heterocycles. The maximum absolute atomic E-state index is 12.3. The molecule has 0 aliphatic carbocycles. The summed E-state index contributed by atoms with van der Waals surface area (Å²) in [6.07, 6.45) is 0.848. The third kappa shape index (κ3) is 3.83.